The minimum atomic E-state index is -0.184. The van der Waals surface area contributed by atoms with Crippen LogP contribution in [0.25, 0.3) is 0 Å². The Kier molecular flexibility index (Phi) is 9.00. The molecule has 26 heavy (non-hydrogen) atoms. The summed E-state index contributed by atoms with van der Waals surface area (Å²) in [5.41, 5.74) is 2.80. The van der Waals surface area contributed by atoms with Crippen LogP contribution in [0, 0.1) is 12.7 Å². The maximum atomic E-state index is 13.3. The lowest BCUT2D eigenvalue weighted by Crippen LogP contribution is -2.41. The zero-order chi connectivity index (χ0) is 18.4. The largest absolute Gasteiger partial charge is 0.354 e. The van der Waals surface area contributed by atoms with Gasteiger partial charge in [0, 0.05) is 38.9 Å². The van der Waals surface area contributed by atoms with Gasteiger partial charge in [0.25, 0.3) is 0 Å². The summed E-state index contributed by atoms with van der Waals surface area (Å²) < 4.78 is 15.1. The molecule has 6 nitrogen and oxygen atoms in total. The van der Waals surface area contributed by atoms with Gasteiger partial charge in [0.05, 0.1) is 12.2 Å². The van der Waals surface area contributed by atoms with Crippen molar-refractivity contribution in [2.24, 2.45) is 12.0 Å². The second-order valence-corrected chi connectivity index (χ2v) is 6.32. The number of likely N-dealkylation sites (N-methyl/N-ethyl adjacent to an activating group) is 1. The van der Waals surface area contributed by atoms with Crippen molar-refractivity contribution in [3.05, 3.63) is 53.1 Å². The van der Waals surface area contributed by atoms with Gasteiger partial charge in [-0.3, -0.25) is 9.67 Å². The zero-order valence-corrected chi connectivity index (χ0v) is 18.3. The number of nitrogens with one attached hydrogen (secondary N) is 2. The number of aromatic nitrogens is 2. The molecule has 0 aliphatic heterocycles. The molecule has 0 spiro atoms. The standard InChI is InChI=1S/C18H27FN6.HI/c1-13-8-14(6-7-16(13)19)9-21-18(20-2)22-11-17(24(3)4)15-10-23-25(5)12-15;/h6-8,10,12,17H,9,11H2,1-5H3,(H2,20,21,22);1H. The Morgan fingerprint density at radius 3 is 2.62 bits per heavy atom. The average molecular weight is 474 g/mol. The van der Waals surface area contributed by atoms with E-state index in [0.29, 0.717) is 24.6 Å². The van der Waals surface area contributed by atoms with Crippen molar-refractivity contribution in [2.75, 3.05) is 27.7 Å². The van der Waals surface area contributed by atoms with Crippen molar-refractivity contribution in [3.8, 4) is 0 Å². The number of hydrogen-bond donors (Lipinski definition) is 2. The predicted octanol–water partition coefficient (Wildman–Crippen LogP) is 2.45. The summed E-state index contributed by atoms with van der Waals surface area (Å²) in [6, 6.07) is 5.29. The first-order valence-electron chi connectivity index (χ1n) is 8.25. The Hall–Kier alpha value is -1.68. The van der Waals surface area contributed by atoms with Crippen LogP contribution in [0.4, 0.5) is 4.39 Å². The molecule has 1 heterocycles. The Morgan fingerprint density at radius 1 is 1.35 bits per heavy atom. The quantitative estimate of drug-likeness (QED) is 0.384. The van der Waals surface area contributed by atoms with E-state index in [4.69, 9.17) is 0 Å². The lowest BCUT2D eigenvalue weighted by atomic mass is 10.1. The molecule has 1 unspecified atom stereocenters. The van der Waals surface area contributed by atoms with Gasteiger partial charge in [0.15, 0.2) is 5.96 Å². The molecule has 1 aromatic heterocycles. The molecule has 0 fully saturated rings. The third-order valence-corrected chi connectivity index (χ3v) is 4.10. The molecular weight excluding hydrogens is 446 g/mol. The van der Waals surface area contributed by atoms with Crippen LogP contribution in [-0.4, -0.2) is 48.3 Å². The third-order valence-electron chi connectivity index (χ3n) is 4.10. The molecule has 1 aromatic carbocycles. The number of guanidine groups is 1. The molecule has 0 aliphatic rings. The molecule has 0 aliphatic carbocycles. The maximum Gasteiger partial charge on any atom is 0.191 e. The first-order chi connectivity index (χ1) is 11.9. The van der Waals surface area contributed by atoms with Crippen molar-refractivity contribution >= 4 is 29.9 Å². The van der Waals surface area contributed by atoms with E-state index in [0.717, 1.165) is 11.1 Å². The van der Waals surface area contributed by atoms with E-state index in [9.17, 15) is 4.39 Å². The van der Waals surface area contributed by atoms with Gasteiger partial charge in [-0.2, -0.15) is 5.10 Å². The lowest BCUT2D eigenvalue weighted by molar-refractivity contribution is 0.298. The van der Waals surface area contributed by atoms with Gasteiger partial charge in [-0.25, -0.2) is 4.39 Å². The molecule has 2 aromatic rings. The minimum Gasteiger partial charge on any atom is -0.354 e. The van der Waals surface area contributed by atoms with Crippen molar-refractivity contribution in [2.45, 2.75) is 19.5 Å². The predicted molar refractivity (Wildman–Crippen MR) is 114 cm³/mol. The normalized spacial score (nSPS) is 12.7. The molecule has 0 bridgehead atoms. The van der Waals surface area contributed by atoms with Crippen molar-refractivity contribution < 1.29 is 4.39 Å². The molecule has 1 atom stereocenters. The molecular formula is C18H28FIN6. The fourth-order valence-electron chi connectivity index (χ4n) is 2.63. The van der Waals surface area contributed by atoms with Crippen molar-refractivity contribution in [1.82, 2.24) is 25.3 Å². The average Bonchev–Trinajstić information content (AvgIpc) is 2.99. The summed E-state index contributed by atoms with van der Waals surface area (Å²) in [6.45, 7) is 3.04. The Labute approximate surface area is 171 Å². The smallest absolute Gasteiger partial charge is 0.191 e. The van der Waals surface area contributed by atoms with E-state index < -0.39 is 0 Å². The van der Waals surface area contributed by atoms with Crippen LogP contribution in [0.2, 0.25) is 0 Å². The number of hydrogen-bond acceptors (Lipinski definition) is 3. The second-order valence-electron chi connectivity index (χ2n) is 6.32. The van der Waals surface area contributed by atoms with E-state index in [1.54, 1.807) is 24.7 Å². The van der Waals surface area contributed by atoms with E-state index in [1.807, 2.05) is 39.6 Å². The summed E-state index contributed by atoms with van der Waals surface area (Å²) in [6.07, 6.45) is 3.90. The highest BCUT2D eigenvalue weighted by molar-refractivity contribution is 14.0. The number of halogens is 2. The van der Waals surface area contributed by atoms with E-state index in [1.165, 1.54) is 6.07 Å². The van der Waals surface area contributed by atoms with Gasteiger partial charge in [-0.15, -0.1) is 24.0 Å². The molecule has 0 saturated heterocycles. The summed E-state index contributed by atoms with van der Waals surface area (Å²) >= 11 is 0. The summed E-state index contributed by atoms with van der Waals surface area (Å²) in [5, 5.41) is 10.8. The minimum absolute atomic E-state index is 0. The molecule has 0 saturated carbocycles. The Bertz CT molecular complexity index is 728. The summed E-state index contributed by atoms with van der Waals surface area (Å²) in [5.74, 6) is 0.522. The summed E-state index contributed by atoms with van der Waals surface area (Å²) in [4.78, 5) is 6.39. The van der Waals surface area contributed by atoms with Gasteiger partial charge >= 0.3 is 0 Å². The van der Waals surface area contributed by atoms with Gasteiger partial charge in [-0.1, -0.05) is 12.1 Å². The molecule has 144 valence electrons. The number of nitrogens with zero attached hydrogens (tertiary/aromatic N) is 4. The number of benzene rings is 1. The summed E-state index contributed by atoms with van der Waals surface area (Å²) in [7, 11) is 7.72. The van der Waals surface area contributed by atoms with Crippen LogP contribution < -0.4 is 10.6 Å². The number of rotatable bonds is 6. The first kappa shape index (κ1) is 22.4. The van der Waals surface area contributed by atoms with Crippen molar-refractivity contribution in [3.63, 3.8) is 0 Å². The molecule has 2 N–H and O–H groups in total. The van der Waals surface area contributed by atoms with Gasteiger partial charge in [-0.05, 0) is 38.2 Å². The zero-order valence-electron chi connectivity index (χ0n) is 16.0. The number of aryl methyl sites for hydroxylation is 2. The van der Waals surface area contributed by atoms with E-state index in [2.05, 4.69) is 25.6 Å². The molecule has 0 amide bonds. The fourth-order valence-corrected chi connectivity index (χ4v) is 2.63. The van der Waals surface area contributed by atoms with Gasteiger partial charge in [0.2, 0.25) is 0 Å². The van der Waals surface area contributed by atoms with Crippen LogP contribution in [0.3, 0.4) is 0 Å². The first-order valence-corrected chi connectivity index (χ1v) is 8.25. The molecule has 0 radical (unpaired) electrons. The highest BCUT2D eigenvalue weighted by atomic mass is 127. The van der Waals surface area contributed by atoms with Crippen LogP contribution in [0.15, 0.2) is 35.6 Å². The third kappa shape index (κ3) is 6.24. The van der Waals surface area contributed by atoms with Crippen LogP contribution >= 0.6 is 24.0 Å². The van der Waals surface area contributed by atoms with Crippen molar-refractivity contribution in [1.29, 1.82) is 0 Å². The Morgan fingerprint density at radius 2 is 2.08 bits per heavy atom. The Balaban J connectivity index is 0.00000338. The highest BCUT2D eigenvalue weighted by Crippen LogP contribution is 2.16. The second kappa shape index (κ2) is 10.5. The molecule has 2 rings (SSSR count). The van der Waals surface area contributed by atoms with Gasteiger partial charge < -0.3 is 15.5 Å². The maximum absolute atomic E-state index is 13.3. The van der Waals surface area contributed by atoms with Crippen LogP contribution in [0.5, 0.6) is 0 Å². The monoisotopic (exact) mass is 474 g/mol. The van der Waals surface area contributed by atoms with Crippen LogP contribution in [-0.2, 0) is 13.6 Å². The SMILES string of the molecule is CN=C(NCc1ccc(F)c(C)c1)NCC(c1cnn(C)c1)N(C)C.I. The van der Waals surface area contributed by atoms with E-state index >= 15 is 0 Å². The topological polar surface area (TPSA) is 57.5 Å². The number of aliphatic imine (C=N–C) groups is 1. The lowest BCUT2D eigenvalue weighted by Gasteiger charge is -2.24. The highest BCUT2D eigenvalue weighted by Gasteiger charge is 2.16. The van der Waals surface area contributed by atoms with Gasteiger partial charge in [0.1, 0.15) is 5.82 Å². The van der Waals surface area contributed by atoms with E-state index in [-0.39, 0.29) is 35.8 Å². The fraction of sp³-hybridized carbons (Fsp3) is 0.444. The molecule has 8 heteroatoms. The van der Waals surface area contributed by atoms with Crippen LogP contribution in [0.1, 0.15) is 22.7 Å².